The Morgan fingerprint density at radius 2 is 1.95 bits per heavy atom. The fraction of sp³-hybridized carbons (Fsp3) is 0.800. The summed E-state index contributed by atoms with van der Waals surface area (Å²) in [4.78, 5) is 11.0. The van der Waals surface area contributed by atoms with Gasteiger partial charge in [-0.15, -0.1) is 0 Å². The van der Waals surface area contributed by atoms with Gasteiger partial charge in [-0.3, -0.25) is 0 Å². The van der Waals surface area contributed by atoms with Gasteiger partial charge >= 0.3 is 5.97 Å². The Morgan fingerprint density at radius 1 is 1.30 bits per heavy atom. The Kier molecular flexibility index (Phi) is 10.3. The predicted octanol–water partition coefficient (Wildman–Crippen LogP) is 1.65. The van der Waals surface area contributed by atoms with E-state index in [-0.39, 0.29) is 12.2 Å². The minimum atomic E-state index is -0.493. The third-order valence-corrected chi connectivity index (χ3v) is 2.92. The number of ether oxygens (including phenoxy) is 2. The minimum absolute atomic E-state index is 0.215. The lowest BCUT2D eigenvalue weighted by atomic mass is 10.1. The summed E-state index contributed by atoms with van der Waals surface area (Å²) in [6.45, 7) is 12.3. The monoisotopic (exact) mass is 287 g/mol. The fourth-order valence-corrected chi connectivity index (χ4v) is 1.59. The van der Waals surface area contributed by atoms with E-state index in [0.717, 1.165) is 12.6 Å². The van der Waals surface area contributed by atoms with Gasteiger partial charge in [0, 0.05) is 18.5 Å². The van der Waals surface area contributed by atoms with E-state index in [2.05, 4.69) is 25.7 Å². The zero-order valence-electron chi connectivity index (χ0n) is 13.1. The second-order valence-corrected chi connectivity index (χ2v) is 5.28. The molecule has 0 aliphatic carbocycles. The molecule has 3 unspecified atom stereocenters. The van der Waals surface area contributed by atoms with E-state index < -0.39 is 12.1 Å². The van der Waals surface area contributed by atoms with Crippen molar-refractivity contribution < 1.29 is 19.4 Å². The van der Waals surface area contributed by atoms with Crippen molar-refractivity contribution in [2.45, 2.75) is 64.9 Å². The highest BCUT2D eigenvalue weighted by Gasteiger charge is 2.15. The number of rotatable bonds is 11. The number of nitrogens with one attached hydrogen (secondary N) is 1. The maximum atomic E-state index is 11.0. The van der Waals surface area contributed by atoms with Gasteiger partial charge < -0.3 is 19.9 Å². The van der Waals surface area contributed by atoms with Crippen molar-refractivity contribution in [1.82, 2.24) is 5.32 Å². The molecule has 0 bridgehead atoms. The quantitative estimate of drug-likeness (QED) is 0.447. The number of hydrogen-bond donors (Lipinski definition) is 2. The number of carbonyl (C=O) groups is 1. The Balaban J connectivity index is 3.72. The Hall–Kier alpha value is -0.910. The van der Waals surface area contributed by atoms with Crippen LogP contribution in [0.2, 0.25) is 0 Å². The maximum absolute atomic E-state index is 11.0. The third kappa shape index (κ3) is 9.95. The number of hydrogen-bond acceptors (Lipinski definition) is 5. The highest BCUT2D eigenvalue weighted by molar-refractivity contribution is 5.81. The number of carbonyl (C=O) groups excluding carboxylic acids is 1. The summed E-state index contributed by atoms with van der Waals surface area (Å²) in [6, 6.07) is 0.416. The van der Waals surface area contributed by atoms with Gasteiger partial charge in [0.15, 0.2) is 0 Å². The summed E-state index contributed by atoms with van der Waals surface area (Å²) in [6.07, 6.45) is 1.46. The van der Waals surface area contributed by atoms with Gasteiger partial charge in [-0.2, -0.15) is 0 Å². The maximum Gasteiger partial charge on any atom is 0.330 e. The fourth-order valence-electron chi connectivity index (χ4n) is 1.59. The van der Waals surface area contributed by atoms with E-state index in [1.54, 1.807) is 6.92 Å². The van der Waals surface area contributed by atoms with Gasteiger partial charge in [0.2, 0.25) is 0 Å². The topological polar surface area (TPSA) is 67.8 Å². The smallest absolute Gasteiger partial charge is 0.330 e. The second kappa shape index (κ2) is 10.8. The molecule has 0 aromatic rings. The minimum Gasteiger partial charge on any atom is -0.459 e. The molecule has 5 nitrogen and oxygen atoms in total. The molecule has 3 atom stereocenters. The number of aliphatic hydroxyl groups excluding tert-OH is 1. The molecular formula is C15H29NO4. The van der Waals surface area contributed by atoms with Crippen molar-refractivity contribution in [3.8, 4) is 0 Å². The molecule has 0 amide bonds. The van der Waals surface area contributed by atoms with Gasteiger partial charge in [-0.05, 0) is 26.8 Å². The molecule has 0 rings (SSSR count). The molecule has 0 aliphatic heterocycles. The molecule has 0 aromatic carbocycles. The molecule has 0 saturated heterocycles. The summed E-state index contributed by atoms with van der Waals surface area (Å²) in [7, 11) is 0. The van der Waals surface area contributed by atoms with Gasteiger partial charge in [0.05, 0.1) is 18.8 Å². The molecule has 20 heavy (non-hydrogen) atoms. The highest BCUT2D eigenvalue weighted by atomic mass is 16.5. The first-order valence-corrected chi connectivity index (χ1v) is 7.22. The molecule has 5 heteroatoms. The van der Waals surface area contributed by atoms with Gasteiger partial charge in [0.1, 0.15) is 6.10 Å². The predicted molar refractivity (Wildman–Crippen MR) is 79.5 cm³/mol. The van der Waals surface area contributed by atoms with Crippen molar-refractivity contribution in [3.05, 3.63) is 12.7 Å². The van der Waals surface area contributed by atoms with Crippen LogP contribution in [0, 0.1) is 0 Å². The molecule has 118 valence electrons. The zero-order chi connectivity index (χ0) is 15.5. The molecule has 0 spiro atoms. The lowest BCUT2D eigenvalue weighted by Gasteiger charge is -2.21. The Bertz CT molecular complexity index is 281. The molecule has 0 saturated carbocycles. The summed E-state index contributed by atoms with van der Waals surface area (Å²) < 4.78 is 10.6. The van der Waals surface area contributed by atoms with Gasteiger partial charge in [0.25, 0.3) is 0 Å². The molecule has 0 aromatic heterocycles. The van der Waals surface area contributed by atoms with E-state index >= 15 is 0 Å². The van der Waals surface area contributed by atoms with Crippen LogP contribution in [0.1, 0.15) is 40.5 Å². The van der Waals surface area contributed by atoms with Crippen LogP contribution >= 0.6 is 0 Å². The first-order chi connectivity index (χ1) is 9.36. The summed E-state index contributed by atoms with van der Waals surface area (Å²) >= 11 is 0. The first kappa shape index (κ1) is 19.1. The van der Waals surface area contributed by atoms with Crippen LogP contribution in [-0.2, 0) is 14.3 Å². The number of aliphatic hydroxyl groups is 1. The van der Waals surface area contributed by atoms with E-state index in [0.29, 0.717) is 25.5 Å². The largest absolute Gasteiger partial charge is 0.459 e. The van der Waals surface area contributed by atoms with Crippen molar-refractivity contribution in [2.24, 2.45) is 0 Å². The summed E-state index contributed by atoms with van der Waals surface area (Å²) in [5, 5.41) is 13.2. The van der Waals surface area contributed by atoms with E-state index in [4.69, 9.17) is 9.47 Å². The van der Waals surface area contributed by atoms with E-state index in [1.165, 1.54) is 0 Å². The SMILES string of the molecule is C=CC(=O)OC(C)CCOC(C)C(O)CCNC(C)C. The lowest BCUT2D eigenvalue weighted by molar-refractivity contribution is -0.143. The zero-order valence-corrected chi connectivity index (χ0v) is 13.1. The van der Waals surface area contributed by atoms with Crippen molar-refractivity contribution in [3.63, 3.8) is 0 Å². The molecule has 0 radical (unpaired) electrons. The normalized spacial score (nSPS) is 15.7. The van der Waals surface area contributed by atoms with Crippen molar-refractivity contribution in [1.29, 1.82) is 0 Å². The van der Waals surface area contributed by atoms with Crippen molar-refractivity contribution in [2.75, 3.05) is 13.2 Å². The van der Waals surface area contributed by atoms with Gasteiger partial charge in [-0.25, -0.2) is 4.79 Å². The Morgan fingerprint density at radius 3 is 2.50 bits per heavy atom. The van der Waals surface area contributed by atoms with Crippen LogP contribution in [0.4, 0.5) is 0 Å². The van der Waals surface area contributed by atoms with Crippen molar-refractivity contribution >= 4 is 5.97 Å². The molecule has 2 N–H and O–H groups in total. The lowest BCUT2D eigenvalue weighted by Crippen LogP contribution is -2.32. The summed E-state index contributed by atoms with van der Waals surface area (Å²) in [5.74, 6) is -0.426. The standard InChI is InChI=1S/C15H29NO4/c1-6-15(18)20-12(4)8-10-19-13(5)14(17)7-9-16-11(2)3/h6,11-14,16-17H,1,7-10H2,2-5H3. The molecule has 0 heterocycles. The first-order valence-electron chi connectivity index (χ1n) is 7.22. The van der Waals surface area contributed by atoms with Crippen LogP contribution in [-0.4, -0.2) is 48.6 Å². The molecule has 0 fully saturated rings. The second-order valence-electron chi connectivity index (χ2n) is 5.28. The average molecular weight is 287 g/mol. The van der Waals surface area contributed by atoms with E-state index in [1.807, 2.05) is 6.92 Å². The Labute approximate surface area is 122 Å². The van der Waals surface area contributed by atoms with Crippen LogP contribution < -0.4 is 5.32 Å². The van der Waals surface area contributed by atoms with Crippen LogP contribution in [0.15, 0.2) is 12.7 Å². The van der Waals surface area contributed by atoms with Gasteiger partial charge in [-0.1, -0.05) is 20.4 Å². The molecular weight excluding hydrogens is 258 g/mol. The molecule has 0 aliphatic rings. The van der Waals surface area contributed by atoms with Crippen LogP contribution in [0.3, 0.4) is 0 Å². The number of esters is 1. The average Bonchev–Trinajstić information content (AvgIpc) is 2.37. The van der Waals surface area contributed by atoms with E-state index in [9.17, 15) is 9.90 Å². The van der Waals surface area contributed by atoms with Crippen LogP contribution in [0.5, 0.6) is 0 Å². The highest BCUT2D eigenvalue weighted by Crippen LogP contribution is 2.06. The van der Waals surface area contributed by atoms with Crippen LogP contribution in [0.25, 0.3) is 0 Å². The third-order valence-electron chi connectivity index (χ3n) is 2.92. The summed E-state index contributed by atoms with van der Waals surface area (Å²) in [5.41, 5.74) is 0.